The molecule has 84 valence electrons. The van der Waals surface area contributed by atoms with Gasteiger partial charge in [-0.2, -0.15) is 0 Å². The van der Waals surface area contributed by atoms with Crippen LogP contribution in [0.1, 0.15) is 52.4 Å². The second kappa shape index (κ2) is 5.13. The average molecular weight is 199 g/mol. The molecule has 0 bridgehead atoms. The minimum absolute atomic E-state index is 0.0744. The van der Waals surface area contributed by atoms with E-state index in [9.17, 15) is 0 Å². The van der Waals surface area contributed by atoms with E-state index in [-0.39, 0.29) is 11.6 Å². The molecule has 1 aliphatic carbocycles. The van der Waals surface area contributed by atoms with Crippen LogP contribution < -0.4 is 5.73 Å². The molecule has 0 aromatic carbocycles. The minimum Gasteiger partial charge on any atom is -0.377 e. The summed E-state index contributed by atoms with van der Waals surface area (Å²) in [5.41, 5.74) is 6.29. The number of hydrogen-bond donors (Lipinski definition) is 1. The number of methoxy groups -OCH3 is 1. The van der Waals surface area contributed by atoms with Crippen molar-refractivity contribution < 1.29 is 4.74 Å². The summed E-state index contributed by atoms with van der Waals surface area (Å²) in [6, 6.07) is 0.227. The Morgan fingerprint density at radius 2 is 1.79 bits per heavy atom. The lowest BCUT2D eigenvalue weighted by Gasteiger charge is -2.39. The van der Waals surface area contributed by atoms with Crippen LogP contribution in [0.3, 0.4) is 0 Å². The van der Waals surface area contributed by atoms with Crippen molar-refractivity contribution in [2.75, 3.05) is 7.11 Å². The number of nitrogens with two attached hydrogens (primary N) is 1. The van der Waals surface area contributed by atoms with Crippen LogP contribution >= 0.6 is 0 Å². The Labute approximate surface area is 88.2 Å². The summed E-state index contributed by atoms with van der Waals surface area (Å²) in [7, 11) is 1.81. The van der Waals surface area contributed by atoms with Gasteiger partial charge in [-0.1, -0.05) is 26.7 Å². The smallest absolute Gasteiger partial charge is 0.0826 e. The maximum Gasteiger partial charge on any atom is 0.0826 e. The highest BCUT2D eigenvalue weighted by Crippen LogP contribution is 2.35. The van der Waals surface area contributed by atoms with E-state index in [0.29, 0.717) is 5.92 Å². The van der Waals surface area contributed by atoms with E-state index in [1.165, 1.54) is 25.7 Å². The van der Waals surface area contributed by atoms with E-state index >= 15 is 0 Å². The molecule has 1 unspecified atom stereocenters. The van der Waals surface area contributed by atoms with E-state index in [4.69, 9.17) is 10.5 Å². The van der Waals surface area contributed by atoms with Gasteiger partial charge in [-0.15, -0.1) is 0 Å². The summed E-state index contributed by atoms with van der Waals surface area (Å²) >= 11 is 0. The van der Waals surface area contributed by atoms with Gasteiger partial charge in [-0.25, -0.2) is 0 Å². The van der Waals surface area contributed by atoms with Crippen molar-refractivity contribution in [3.63, 3.8) is 0 Å². The summed E-state index contributed by atoms with van der Waals surface area (Å²) in [4.78, 5) is 0. The van der Waals surface area contributed by atoms with Crippen molar-refractivity contribution in [2.24, 2.45) is 11.7 Å². The predicted octanol–water partition coefficient (Wildman–Crippen LogP) is 2.71. The molecular formula is C12H25NO. The van der Waals surface area contributed by atoms with Gasteiger partial charge in [-0.3, -0.25) is 0 Å². The first-order valence-electron chi connectivity index (χ1n) is 6.01. The topological polar surface area (TPSA) is 35.2 Å². The zero-order valence-corrected chi connectivity index (χ0v) is 9.88. The molecule has 2 nitrogen and oxygen atoms in total. The Balaban J connectivity index is 2.65. The Morgan fingerprint density at radius 3 is 2.14 bits per heavy atom. The summed E-state index contributed by atoms with van der Waals surface area (Å²) in [6.45, 7) is 4.36. The fourth-order valence-corrected chi connectivity index (χ4v) is 2.89. The van der Waals surface area contributed by atoms with Crippen LogP contribution in [0.5, 0.6) is 0 Å². The van der Waals surface area contributed by atoms with Gasteiger partial charge in [-0.05, 0) is 31.6 Å². The van der Waals surface area contributed by atoms with Gasteiger partial charge in [0.25, 0.3) is 0 Å². The average Bonchev–Trinajstić information content (AvgIpc) is 2.74. The van der Waals surface area contributed by atoms with Crippen LogP contribution in [0.2, 0.25) is 0 Å². The van der Waals surface area contributed by atoms with Gasteiger partial charge in [0, 0.05) is 13.2 Å². The van der Waals surface area contributed by atoms with E-state index in [1.807, 2.05) is 7.11 Å². The summed E-state index contributed by atoms with van der Waals surface area (Å²) < 4.78 is 5.69. The molecule has 1 atom stereocenters. The number of ether oxygens (including phenoxy) is 1. The van der Waals surface area contributed by atoms with Crippen LogP contribution in [0.4, 0.5) is 0 Å². The molecule has 0 radical (unpaired) electrons. The fourth-order valence-electron chi connectivity index (χ4n) is 2.89. The number of hydrogen-bond acceptors (Lipinski definition) is 2. The molecule has 1 fully saturated rings. The van der Waals surface area contributed by atoms with Crippen LogP contribution in [-0.4, -0.2) is 18.8 Å². The van der Waals surface area contributed by atoms with Gasteiger partial charge in [0.15, 0.2) is 0 Å². The zero-order chi connectivity index (χ0) is 10.6. The molecule has 1 rings (SSSR count). The van der Waals surface area contributed by atoms with Crippen molar-refractivity contribution in [1.82, 2.24) is 0 Å². The molecule has 2 heteroatoms. The molecule has 1 aliphatic rings. The van der Waals surface area contributed by atoms with Crippen LogP contribution in [0.15, 0.2) is 0 Å². The monoisotopic (exact) mass is 199 g/mol. The third kappa shape index (κ3) is 2.12. The highest BCUT2D eigenvalue weighted by Gasteiger charge is 2.38. The van der Waals surface area contributed by atoms with Gasteiger partial charge in [0.2, 0.25) is 0 Å². The molecule has 0 saturated heterocycles. The van der Waals surface area contributed by atoms with Crippen LogP contribution in [-0.2, 0) is 4.74 Å². The quantitative estimate of drug-likeness (QED) is 0.739. The molecule has 0 aromatic rings. The zero-order valence-electron chi connectivity index (χ0n) is 9.88. The lowest BCUT2D eigenvalue weighted by molar-refractivity contribution is -0.0512. The highest BCUT2D eigenvalue weighted by molar-refractivity contribution is 4.94. The normalized spacial score (nSPS) is 21.4. The molecule has 14 heavy (non-hydrogen) atoms. The molecule has 0 amide bonds. The Morgan fingerprint density at radius 1 is 1.29 bits per heavy atom. The number of rotatable bonds is 5. The van der Waals surface area contributed by atoms with Crippen molar-refractivity contribution in [2.45, 2.75) is 64.0 Å². The SMILES string of the molecule is CCC(CC)(OC)C(N)C1CCCC1. The minimum atomic E-state index is -0.0744. The Kier molecular flexibility index (Phi) is 4.39. The van der Waals surface area contributed by atoms with E-state index in [1.54, 1.807) is 0 Å². The first kappa shape index (κ1) is 12.0. The largest absolute Gasteiger partial charge is 0.377 e. The molecule has 0 heterocycles. The second-order valence-corrected chi connectivity index (χ2v) is 4.55. The standard InChI is InChI=1S/C12H25NO/c1-4-12(5-2,14-3)11(13)10-8-6-7-9-10/h10-11H,4-9,13H2,1-3H3. The first-order valence-corrected chi connectivity index (χ1v) is 6.01. The third-order valence-electron chi connectivity index (χ3n) is 4.12. The van der Waals surface area contributed by atoms with Crippen molar-refractivity contribution in [1.29, 1.82) is 0 Å². The van der Waals surface area contributed by atoms with Crippen molar-refractivity contribution >= 4 is 0 Å². The second-order valence-electron chi connectivity index (χ2n) is 4.55. The molecule has 1 saturated carbocycles. The Bertz CT molecular complexity index is 151. The van der Waals surface area contributed by atoms with Gasteiger partial charge in [0.1, 0.15) is 0 Å². The Hall–Kier alpha value is -0.0800. The van der Waals surface area contributed by atoms with Crippen LogP contribution in [0, 0.1) is 5.92 Å². The predicted molar refractivity (Wildman–Crippen MR) is 60.3 cm³/mol. The van der Waals surface area contributed by atoms with E-state index < -0.39 is 0 Å². The molecular weight excluding hydrogens is 174 g/mol. The lowest BCUT2D eigenvalue weighted by Crippen LogP contribution is -2.52. The van der Waals surface area contributed by atoms with E-state index in [2.05, 4.69) is 13.8 Å². The fraction of sp³-hybridized carbons (Fsp3) is 1.00. The van der Waals surface area contributed by atoms with Crippen LogP contribution in [0.25, 0.3) is 0 Å². The molecule has 0 aromatic heterocycles. The van der Waals surface area contributed by atoms with E-state index in [0.717, 1.165) is 12.8 Å². The summed E-state index contributed by atoms with van der Waals surface area (Å²) in [6.07, 6.45) is 7.35. The molecule has 2 N–H and O–H groups in total. The van der Waals surface area contributed by atoms with Crippen molar-refractivity contribution in [3.05, 3.63) is 0 Å². The highest BCUT2D eigenvalue weighted by atomic mass is 16.5. The van der Waals surface area contributed by atoms with Gasteiger partial charge < -0.3 is 10.5 Å². The summed E-state index contributed by atoms with van der Waals surface area (Å²) in [5, 5.41) is 0. The molecule has 0 spiro atoms. The lowest BCUT2D eigenvalue weighted by atomic mass is 9.80. The maximum atomic E-state index is 6.36. The third-order valence-corrected chi connectivity index (χ3v) is 4.12. The summed E-state index contributed by atoms with van der Waals surface area (Å²) in [5.74, 6) is 0.690. The van der Waals surface area contributed by atoms with Gasteiger partial charge >= 0.3 is 0 Å². The molecule has 0 aliphatic heterocycles. The van der Waals surface area contributed by atoms with Crippen molar-refractivity contribution in [3.8, 4) is 0 Å². The first-order chi connectivity index (χ1) is 6.70. The maximum absolute atomic E-state index is 6.36. The van der Waals surface area contributed by atoms with Gasteiger partial charge in [0.05, 0.1) is 5.60 Å².